The summed E-state index contributed by atoms with van der Waals surface area (Å²) in [5, 5.41) is 3.27. The van der Waals surface area contributed by atoms with E-state index < -0.39 is 0 Å². The second kappa shape index (κ2) is 9.24. The van der Waals surface area contributed by atoms with Crippen LogP contribution in [0.15, 0.2) is 48.0 Å². The van der Waals surface area contributed by atoms with Crippen molar-refractivity contribution in [3.8, 4) is 0 Å². The molecule has 28 heavy (non-hydrogen) atoms. The first-order valence-corrected chi connectivity index (χ1v) is 10.3. The molecular weight excluding hydrogens is 346 g/mol. The molecule has 1 aromatic heterocycles. The molecule has 1 aliphatic heterocycles. The van der Waals surface area contributed by atoms with Crippen molar-refractivity contribution in [3.63, 3.8) is 0 Å². The highest BCUT2D eigenvalue weighted by atomic mass is 16.1. The van der Waals surface area contributed by atoms with Crippen LogP contribution in [0, 0.1) is 13.8 Å². The molecule has 0 radical (unpaired) electrons. The highest BCUT2D eigenvalue weighted by Crippen LogP contribution is 2.18. The largest absolute Gasteiger partial charge is 0.349 e. The van der Waals surface area contributed by atoms with Crippen LogP contribution in [0.5, 0.6) is 0 Å². The quantitative estimate of drug-likeness (QED) is 0.759. The van der Waals surface area contributed by atoms with Crippen LogP contribution in [0.4, 0.5) is 0 Å². The van der Waals surface area contributed by atoms with Crippen molar-refractivity contribution in [2.24, 2.45) is 0 Å². The Morgan fingerprint density at radius 3 is 2.46 bits per heavy atom. The summed E-state index contributed by atoms with van der Waals surface area (Å²) < 4.78 is 2.23. The van der Waals surface area contributed by atoms with E-state index in [9.17, 15) is 4.79 Å². The third-order valence-corrected chi connectivity index (χ3v) is 5.68. The van der Waals surface area contributed by atoms with Crippen molar-refractivity contribution in [3.05, 3.63) is 70.6 Å². The molecule has 0 unspecified atom stereocenters. The normalized spacial score (nSPS) is 15.4. The lowest BCUT2D eigenvalue weighted by molar-refractivity contribution is 0.0913. The molecule has 0 atom stereocenters. The molecule has 4 nitrogen and oxygen atoms in total. The Bertz CT molecular complexity index is 823. The first-order chi connectivity index (χ1) is 13.4. The van der Waals surface area contributed by atoms with Crippen LogP contribution in [0.3, 0.4) is 0 Å². The average Bonchev–Trinajstić information content (AvgIpc) is 2.96. The van der Waals surface area contributed by atoms with E-state index in [-0.39, 0.29) is 11.9 Å². The molecule has 1 fully saturated rings. The second-order valence-corrected chi connectivity index (χ2v) is 8.19. The van der Waals surface area contributed by atoms with Gasteiger partial charge in [0.1, 0.15) is 0 Å². The van der Waals surface area contributed by atoms with Gasteiger partial charge in [0.15, 0.2) is 0 Å². The molecule has 1 aliphatic rings. The molecule has 1 amide bonds. The first-order valence-electron chi connectivity index (χ1n) is 10.3. The molecule has 4 heteroatoms. The molecule has 3 rings (SSSR count). The molecule has 1 aromatic carbocycles. The smallest absolute Gasteiger partial charge is 0.253 e. The molecule has 2 aromatic rings. The number of hydrogen-bond acceptors (Lipinski definition) is 2. The predicted molar refractivity (Wildman–Crippen MR) is 116 cm³/mol. The number of allylic oxidation sites excluding steroid dienone is 1. The summed E-state index contributed by atoms with van der Waals surface area (Å²) in [5.74, 6) is 0.0650. The lowest BCUT2D eigenvalue weighted by Crippen LogP contribution is -2.44. The summed E-state index contributed by atoms with van der Waals surface area (Å²) in [6.45, 7) is 12.3. The summed E-state index contributed by atoms with van der Waals surface area (Å²) in [4.78, 5) is 15.4. The molecule has 1 saturated heterocycles. The minimum atomic E-state index is 0.0650. The summed E-state index contributed by atoms with van der Waals surface area (Å²) in [6.07, 6.45) is 4.32. The standard InChI is InChI=1S/C24H33N3O/c1-18(2)10-13-26-14-11-22(12-15-26)25-24(28)23-16-19(3)27(20(23)4)17-21-8-6-5-7-9-21/h5-10,16,22H,11-15,17H2,1-4H3,(H,25,28). The monoisotopic (exact) mass is 379 g/mol. The van der Waals surface area contributed by atoms with Crippen LogP contribution in [0.25, 0.3) is 0 Å². The lowest BCUT2D eigenvalue weighted by atomic mass is 10.0. The zero-order chi connectivity index (χ0) is 20.1. The van der Waals surface area contributed by atoms with Crippen LogP contribution in [-0.4, -0.2) is 41.1 Å². The summed E-state index contributed by atoms with van der Waals surface area (Å²) >= 11 is 0. The minimum absolute atomic E-state index is 0.0650. The Kier molecular flexibility index (Phi) is 6.74. The number of rotatable bonds is 6. The fourth-order valence-electron chi connectivity index (χ4n) is 3.88. The second-order valence-electron chi connectivity index (χ2n) is 8.19. The number of nitrogens with one attached hydrogen (secondary N) is 1. The highest BCUT2D eigenvalue weighted by Gasteiger charge is 2.22. The molecule has 2 heterocycles. The summed E-state index contributed by atoms with van der Waals surface area (Å²) in [7, 11) is 0. The van der Waals surface area contributed by atoms with Crippen LogP contribution < -0.4 is 5.32 Å². The number of aryl methyl sites for hydroxylation is 1. The topological polar surface area (TPSA) is 37.3 Å². The van der Waals surface area contributed by atoms with Gasteiger partial charge in [-0.3, -0.25) is 9.69 Å². The Balaban J connectivity index is 1.59. The summed E-state index contributed by atoms with van der Waals surface area (Å²) in [5.41, 5.74) is 5.59. The van der Waals surface area contributed by atoms with Gasteiger partial charge in [-0.2, -0.15) is 0 Å². The van der Waals surface area contributed by atoms with Gasteiger partial charge in [0.2, 0.25) is 0 Å². The first kappa shape index (κ1) is 20.4. The van der Waals surface area contributed by atoms with Crippen molar-refractivity contribution in [2.45, 2.75) is 53.1 Å². The number of amides is 1. The zero-order valence-corrected chi connectivity index (χ0v) is 17.7. The average molecular weight is 380 g/mol. The highest BCUT2D eigenvalue weighted by molar-refractivity contribution is 5.95. The fourth-order valence-corrected chi connectivity index (χ4v) is 3.88. The molecule has 1 N–H and O–H groups in total. The number of carbonyl (C=O) groups excluding carboxylic acids is 1. The van der Waals surface area contributed by atoms with Crippen molar-refractivity contribution in [1.82, 2.24) is 14.8 Å². The van der Waals surface area contributed by atoms with Crippen molar-refractivity contribution >= 4 is 5.91 Å². The Morgan fingerprint density at radius 2 is 1.82 bits per heavy atom. The maximum absolute atomic E-state index is 12.9. The Morgan fingerprint density at radius 1 is 1.14 bits per heavy atom. The van der Waals surface area contributed by atoms with Gasteiger partial charge in [-0.25, -0.2) is 0 Å². The number of piperidine rings is 1. The maximum Gasteiger partial charge on any atom is 0.253 e. The Labute approximate surface area is 169 Å². The van der Waals surface area contributed by atoms with Crippen LogP contribution in [0.1, 0.15) is 54.0 Å². The number of hydrogen-bond donors (Lipinski definition) is 1. The number of carbonyl (C=O) groups is 1. The molecule has 0 bridgehead atoms. The van der Waals surface area contributed by atoms with E-state index in [1.54, 1.807) is 0 Å². The van der Waals surface area contributed by atoms with Crippen molar-refractivity contribution < 1.29 is 4.79 Å². The number of aromatic nitrogens is 1. The lowest BCUT2D eigenvalue weighted by Gasteiger charge is -2.31. The van der Waals surface area contributed by atoms with Crippen molar-refractivity contribution in [1.29, 1.82) is 0 Å². The van der Waals surface area contributed by atoms with E-state index in [2.05, 4.69) is 65.9 Å². The van der Waals surface area contributed by atoms with E-state index in [0.29, 0.717) is 0 Å². The third kappa shape index (κ3) is 5.14. The third-order valence-electron chi connectivity index (χ3n) is 5.68. The van der Waals surface area contributed by atoms with Gasteiger partial charge >= 0.3 is 0 Å². The number of nitrogens with zero attached hydrogens (tertiary/aromatic N) is 2. The van der Waals surface area contributed by atoms with Gasteiger partial charge in [-0.1, -0.05) is 42.0 Å². The van der Waals surface area contributed by atoms with Gasteiger partial charge in [-0.15, -0.1) is 0 Å². The van der Waals surface area contributed by atoms with Gasteiger partial charge in [-0.05, 0) is 52.2 Å². The van der Waals surface area contributed by atoms with Gasteiger partial charge in [0, 0.05) is 43.6 Å². The van der Waals surface area contributed by atoms with Gasteiger partial charge < -0.3 is 9.88 Å². The minimum Gasteiger partial charge on any atom is -0.349 e. The zero-order valence-electron chi connectivity index (χ0n) is 17.7. The van der Waals surface area contributed by atoms with Gasteiger partial charge in [0.25, 0.3) is 5.91 Å². The Hall–Kier alpha value is -2.33. The van der Waals surface area contributed by atoms with Crippen LogP contribution in [-0.2, 0) is 6.54 Å². The van der Waals surface area contributed by atoms with E-state index in [1.165, 1.54) is 11.1 Å². The fraction of sp³-hybridized carbons (Fsp3) is 0.458. The predicted octanol–water partition coefficient (Wildman–Crippen LogP) is 4.31. The van der Waals surface area contributed by atoms with Crippen molar-refractivity contribution in [2.75, 3.05) is 19.6 Å². The van der Waals surface area contributed by atoms with E-state index >= 15 is 0 Å². The molecule has 150 valence electrons. The van der Waals surface area contributed by atoms with E-state index in [0.717, 1.165) is 56.0 Å². The van der Waals surface area contributed by atoms with Gasteiger partial charge in [0.05, 0.1) is 5.56 Å². The van der Waals surface area contributed by atoms with E-state index in [1.807, 2.05) is 19.1 Å². The van der Waals surface area contributed by atoms with Crippen LogP contribution in [0.2, 0.25) is 0 Å². The molecule has 0 aliphatic carbocycles. The maximum atomic E-state index is 12.9. The molecule has 0 spiro atoms. The SMILES string of the molecule is CC(C)=CCN1CCC(NC(=O)c2cc(C)n(Cc3ccccc3)c2C)CC1. The number of likely N-dealkylation sites (tertiary alicyclic amines) is 1. The van der Waals surface area contributed by atoms with E-state index in [4.69, 9.17) is 0 Å². The molecular formula is C24H33N3O. The summed E-state index contributed by atoms with van der Waals surface area (Å²) in [6, 6.07) is 12.7. The molecule has 0 saturated carbocycles. The number of benzene rings is 1. The van der Waals surface area contributed by atoms with Crippen LogP contribution >= 0.6 is 0 Å².